The fraction of sp³-hybridized carbons (Fsp3) is 0.700. The van der Waals surface area contributed by atoms with E-state index in [9.17, 15) is 13.2 Å². The topological polar surface area (TPSA) is 106 Å². The van der Waals surface area contributed by atoms with Gasteiger partial charge in [0.25, 0.3) is 0 Å². The molecule has 0 spiro atoms. The van der Waals surface area contributed by atoms with Crippen molar-refractivity contribution in [3.05, 3.63) is 17.8 Å². The maximum Gasteiger partial charge on any atom is 0.407 e. The van der Waals surface area contributed by atoms with Gasteiger partial charge in [-0.15, -0.1) is 0 Å². The number of nitrogens with zero attached hydrogens (tertiary/aromatic N) is 2. The number of aromatic nitrogens is 1. The van der Waals surface area contributed by atoms with Crippen LogP contribution >= 0.6 is 0 Å². The second kappa shape index (κ2) is 9.30. The number of hydrogen-bond acceptors (Lipinski definition) is 6. The summed E-state index contributed by atoms with van der Waals surface area (Å²) in [5, 5.41) is 9.11. The van der Waals surface area contributed by atoms with Crippen LogP contribution in [0.3, 0.4) is 0 Å². The third-order valence-electron chi connectivity index (χ3n) is 5.72. The van der Waals surface area contributed by atoms with Crippen molar-refractivity contribution in [1.29, 1.82) is 0 Å². The van der Waals surface area contributed by atoms with E-state index in [1.807, 2.05) is 0 Å². The van der Waals surface area contributed by atoms with Crippen molar-refractivity contribution in [1.82, 2.24) is 9.88 Å². The second-order valence-electron chi connectivity index (χ2n) is 7.76. The first-order valence-electron chi connectivity index (χ1n) is 10.3. The number of piperidine rings is 1. The number of likely N-dealkylation sites (tertiary alicyclic amines) is 1. The van der Waals surface area contributed by atoms with E-state index in [4.69, 9.17) is 14.6 Å². The third kappa shape index (κ3) is 5.60. The molecule has 1 aromatic rings. The van der Waals surface area contributed by atoms with Crippen LogP contribution in [0.1, 0.15) is 51.1 Å². The average molecular weight is 427 g/mol. The lowest BCUT2D eigenvalue weighted by Crippen LogP contribution is -2.41. The van der Waals surface area contributed by atoms with Crippen LogP contribution in [0, 0.1) is 6.92 Å². The van der Waals surface area contributed by atoms with Gasteiger partial charge in [0.15, 0.2) is 14.9 Å². The Morgan fingerprint density at radius 3 is 2.24 bits per heavy atom. The summed E-state index contributed by atoms with van der Waals surface area (Å²) in [7, 11) is -3.32. The zero-order valence-electron chi connectivity index (χ0n) is 17.0. The molecule has 2 heterocycles. The number of pyridine rings is 1. The fourth-order valence-electron chi connectivity index (χ4n) is 3.89. The van der Waals surface area contributed by atoms with E-state index in [-0.39, 0.29) is 29.1 Å². The molecular formula is C20H30N2O6S. The first kappa shape index (κ1) is 21.8. The van der Waals surface area contributed by atoms with Crippen LogP contribution < -0.4 is 4.74 Å². The summed E-state index contributed by atoms with van der Waals surface area (Å²) >= 11 is 0. The molecule has 0 radical (unpaired) electrons. The van der Waals surface area contributed by atoms with Gasteiger partial charge in [0.05, 0.1) is 29.8 Å². The van der Waals surface area contributed by atoms with Crippen LogP contribution in [0.15, 0.2) is 17.2 Å². The number of rotatable bonds is 6. The second-order valence-corrected chi connectivity index (χ2v) is 9.98. The van der Waals surface area contributed by atoms with Crippen LogP contribution in [0.5, 0.6) is 5.75 Å². The molecule has 1 aromatic heterocycles. The SMILES string of the molecule is CCS(=O)(=O)c1ccc(OC2CCC(OC3CCN(C(=O)O)CC3)CC2)c(C)n1. The number of sulfone groups is 1. The highest BCUT2D eigenvalue weighted by atomic mass is 32.2. The molecule has 0 bridgehead atoms. The first-order valence-corrected chi connectivity index (χ1v) is 11.9. The first-order chi connectivity index (χ1) is 13.8. The molecule has 1 amide bonds. The Kier molecular flexibility index (Phi) is 7.00. The third-order valence-corrected chi connectivity index (χ3v) is 7.35. The molecule has 3 rings (SSSR count). The van der Waals surface area contributed by atoms with Crippen molar-refractivity contribution in [3.63, 3.8) is 0 Å². The van der Waals surface area contributed by atoms with Gasteiger partial charge in [-0.2, -0.15) is 0 Å². The van der Waals surface area contributed by atoms with Crippen LogP contribution in [0.25, 0.3) is 0 Å². The molecule has 162 valence electrons. The maximum absolute atomic E-state index is 12.0. The molecule has 9 heteroatoms. The van der Waals surface area contributed by atoms with Crippen molar-refractivity contribution < 1.29 is 27.8 Å². The van der Waals surface area contributed by atoms with Gasteiger partial charge in [-0.25, -0.2) is 18.2 Å². The standard InChI is InChI=1S/C20H30N2O6S/c1-3-29(25,26)19-9-8-18(14(2)21-19)28-16-6-4-15(5-7-16)27-17-10-12-22(13-11-17)20(23)24/h8-9,15-17H,3-7,10-13H2,1-2H3,(H,23,24). The molecule has 1 saturated carbocycles. The number of amides is 1. The normalized spacial score (nSPS) is 23.7. The Labute approximate surface area is 172 Å². The van der Waals surface area contributed by atoms with E-state index >= 15 is 0 Å². The van der Waals surface area contributed by atoms with Crippen LogP contribution in [-0.4, -0.2) is 66.7 Å². The summed E-state index contributed by atoms with van der Waals surface area (Å²) in [6, 6.07) is 3.21. The summed E-state index contributed by atoms with van der Waals surface area (Å²) in [6.07, 6.45) is 4.57. The van der Waals surface area contributed by atoms with E-state index in [1.54, 1.807) is 19.9 Å². The van der Waals surface area contributed by atoms with E-state index in [0.717, 1.165) is 38.5 Å². The Bertz CT molecular complexity index is 812. The zero-order chi connectivity index (χ0) is 21.0. The minimum atomic E-state index is -3.32. The number of carbonyl (C=O) groups is 1. The molecule has 0 atom stereocenters. The molecule has 2 fully saturated rings. The van der Waals surface area contributed by atoms with Crippen LogP contribution in [-0.2, 0) is 14.6 Å². The van der Waals surface area contributed by atoms with Crippen molar-refractivity contribution in [3.8, 4) is 5.75 Å². The molecule has 0 unspecified atom stereocenters. The molecule has 0 aromatic carbocycles. The average Bonchev–Trinajstić information content (AvgIpc) is 2.71. The Balaban J connectivity index is 1.46. The lowest BCUT2D eigenvalue weighted by atomic mass is 9.94. The van der Waals surface area contributed by atoms with Crippen molar-refractivity contribution >= 4 is 15.9 Å². The van der Waals surface area contributed by atoms with Crippen LogP contribution in [0.4, 0.5) is 4.79 Å². The lowest BCUT2D eigenvalue weighted by molar-refractivity contribution is -0.0641. The lowest BCUT2D eigenvalue weighted by Gasteiger charge is -2.35. The summed E-state index contributed by atoms with van der Waals surface area (Å²) < 4.78 is 36.2. The minimum absolute atomic E-state index is 0.0268. The molecule has 29 heavy (non-hydrogen) atoms. The molecule has 1 aliphatic carbocycles. The number of hydrogen-bond donors (Lipinski definition) is 1. The smallest absolute Gasteiger partial charge is 0.407 e. The van der Waals surface area contributed by atoms with Gasteiger partial charge in [-0.1, -0.05) is 6.92 Å². The molecule has 1 aliphatic heterocycles. The van der Waals surface area contributed by atoms with Gasteiger partial charge in [0, 0.05) is 13.1 Å². The van der Waals surface area contributed by atoms with Crippen molar-refractivity contribution in [2.45, 2.75) is 75.7 Å². The number of ether oxygens (including phenoxy) is 2. The molecule has 2 aliphatic rings. The van der Waals surface area contributed by atoms with Crippen molar-refractivity contribution in [2.75, 3.05) is 18.8 Å². The Morgan fingerprint density at radius 1 is 1.10 bits per heavy atom. The molecule has 8 nitrogen and oxygen atoms in total. The van der Waals surface area contributed by atoms with E-state index < -0.39 is 15.9 Å². The predicted octanol–water partition coefficient (Wildman–Crippen LogP) is 3.03. The summed E-state index contributed by atoms with van der Waals surface area (Å²) in [5.41, 5.74) is 0.586. The summed E-state index contributed by atoms with van der Waals surface area (Å²) in [5.74, 6) is 0.657. The van der Waals surface area contributed by atoms with Crippen molar-refractivity contribution in [2.24, 2.45) is 0 Å². The largest absolute Gasteiger partial charge is 0.489 e. The maximum atomic E-state index is 12.0. The van der Waals surface area contributed by atoms with E-state index in [2.05, 4.69) is 4.98 Å². The highest BCUT2D eigenvalue weighted by Gasteiger charge is 2.29. The van der Waals surface area contributed by atoms with Gasteiger partial charge in [-0.3, -0.25) is 0 Å². The minimum Gasteiger partial charge on any atom is -0.489 e. The van der Waals surface area contributed by atoms with E-state index in [1.165, 1.54) is 11.0 Å². The van der Waals surface area contributed by atoms with Gasteiger partial charge in [0.2, 0.25) is 0 Å². The fourth-order valence-corrected chi connectivity index (χ4v) is 4.74. The number of carboxylic acid groups (broad SMARTS) is 1. The summed E-state index contributed by atoms with van der Waals surface area (Å²) in [4.78, 5) is 16.6. The Hall–Kier alpha value is -1.87. The van der Waals surface area contributed by atoms with Gasteiger partial charge >= 0.3 is 6.09 Å². The Morgan fingerprint density at radius 2 is 1.69 bits per heavy atom. The highest BCUT2D eigenvalue weighted by molar-refractivity contribution is 7.91. The quantitative estimate of drug-likeness (QED) is 0.745. The number of aryl methyl sites for hydroxylation is 1. The van der Waals surface area contributed by atoms with Gasteiger partial charge in [-0.05, 0) is 57.6 Å². The monoisotopic (exact) mass is 426 g/mol. The van der Waals surface area contributed by atoms with Gasteiger partial charge in [0.1, 0.15) is 5.75 Å². The zero-order valence-corrected chi connectivity index (χ0v) is 17.9. The van der Waals surface area contributed by atoms with E-state index in [0.29, 0.717) is 24.5 Å². The highest BCUT2D eigenvalue weighted by Crippen LogP contribution is 2.29. The summed E-state index contributed by atoms with van der Waals surface area (Å²) in [6.45, 7) is 4.44. The molecular weight excluding hydrogens is 396 g/mol. The molecule has 1 N–H and O–H groups in total. The molecule has 1 saturated heterocycles. The van der Waals surface area contributed by atoms with Gasteiger partial charge < -0.3 is 19.5 Å². The van der Waals surface area contributed by atoms with Crippen LogP contribution in [0.2, 0.25) is 0 Å². The predicted molar refractivity (Wildman–Crippen MR) is 107 cm³/mol.